The zero-order valence-electron chi connectivity index (χ0n) is 13.2. The van der Waals surface area contributed by atoms with Crippen LogP contribution in [0.25, 0.3) is 0 Å². The maximum absolute atomic E-state index is 6.26. The fraction of sp³-hybridized carbons (Fsp3) is 0.467. The molecule has 7 heteroatoms. The van der Waals surface area contributed by atoms with Crippen molar-refractivity contribution in [2.75, 3.05) is 21.3 Å². The van der Waals surface area contributed by atoms with Crippen LogP contribution >= 0.6 is 11.6 Å². The second-order valence-electron chi connectivity index (χ2n) is 4.68. The van der Waals surface area contributed by atoms with E-state index in [0.717, 1.165) is 24.2 Å². The second-order valence-corrected chi connectivity index (χ2v) is 5.09. The third-order valence-electron chi connectivity index (χ3n) is 3.39. The van der Waals surface area contributed by atoms with Gasteiger partial charge in [0.25, 0.3) is 0 Å². The van der Waals surface area contributed by atoms with Gasteiger partial charge < -0.3 is 14.2 Å². The van der Waals surface area contributed by atoms with Gasteiger partial charge in [0.15, 0.2) is 11.5 Å². The van der Waals surface area contributed by atoms with Crippen LogP contribution in [-0.2, 0) is 19.4 Å². The number of benzene rings is 1. The summed E-state index contributed by atoms with van der Waals surface area (Å²) >= 11 is 6.26. The summed E-state index contributed by atoms with van der Waals surface area (Å²) in [6.45, 7) is 2.83. The fourth-order valence-electron chi connectivity index (χ4n) is 2.30. The molecule has 1 heterocycles. The lowest BCUT2D eigenvalue weighted by Gasteiger charge is -2.17. The summed E-state index contributed by atoms with van der Waals surface area (Å²) in [4.78, 5) is 0. The van der Waals surface area contributed by atoms with Crippen LogP contribution in [0.15, 0.2) is 12.3 Å². The molecule has 0 spiro atoms. The molecule has 0 saturated heterocycles. The monoisotopic (exact) mass is 325 g/mol. The van der Waals surface area contributed by atoms with Crippen LogP contribution in [0.2, 0.25) is 5.02 Å². The largest absolute Gasteiger partial charge is 0.492 e. The van der Waals surface area contributed by atoms with Crippen molar-refractivity contribution in [2.24, 2.45) is 0 Å². The molecule has 22 heavy (non-hydrogen) atoms. The van der Waals surface area contributed by atoms with Gasteiger partial charge in [0.2, 0.25) is 5.75 Å². The molecule has 0 N–H and O–H groups in total. The van der Waals surface area contributed by atoms with Gasteiger partial charge in [-0.3, -0.25) is 4.68 Å². The highest BCUT2D eigenvalue weighted by atomic mass is 35.5. The van der Waals surface area contributed by atoms with Gasteiger partial charge in [-0.25, -0.2) is 0 Å². The topological polar surface area (TPSA) is 58.4 Å². The molecule has 0 radical (unpaired) electrons. The Morgan fingerprint density at radius 3 is 2.27 bits per heavy atom. The quantitative estimate of drug-likeness (QED) is 0.783. The number of rotatable bonds is 7. The van der Waals surface area contributed by atoms with Gasteiger partial charge in [-0.1, -0.05) is 16.8 Å². The van der Waals surface area contributed by atoms with Crippen molar-refractivity contribution in [3.8, 4) is 17.2 Å². The molecule has 6 nitrogen and oxygen atoms in total. The number of nitrogens with zero attached hydrogens (tertiary/aromatic N) is 3. The van der Waals surface area contributed by atoms with Crippen LogP contribution in [0.1, 0.15) is 18.2 Å². The highest BCUT2D eigenvalue weighted by molar-refractivity contribution is 6.32. The number of aryl methyl sites for hydroxylation is 3. The van der Waals surface area contributed by atoms with Crippen LogP contribution in [0.4, 0.5) is 0 Å². The Morgan fingerprint density at radius 1 is 1.05 bits per heavy atom. The predicted octanol–water partition coefficient (Wildman–Crippen LogP) is 2.76. The molecule has 0 fully saturated rings. The molecule has 0 amide bonds. The fourth-order valence-corrected chi connectivity index (χ4v) is 2.59. The number of ether oxygens (including phenoxy) is 3. The molecule has 0 aliphatic rings. The van der Waals surface area contributed by atoms with E-state index < -0.39 is 0 Å². The van der Waals surface area contributed by atoms with E-state index in [1.165, 1.54) is 0 Å². The standard InChI is InChI=1S/C15H20ClN3O3/c1-5-19-9-11(17-18-19)7-6-10-8-12(16)14(21-3)15(22-4)13(10)20-2/h8-9H,5-7H2,1-4H3. The molecular formula is C15H20ClN3O3. The van der Waals surface area contributed by atoms with Gasteiger partial charge in [0, 0.05) is 18.3 Å². The Kier molecular flexibility index (Phi) is 5.49. The maximum atomic E-state index is 6.26. The Morgan fingerprint density at radius 2 is 1.73 bits per heavy atom. The molecule has 0 saturated carbocycles. The lowest BCUT2D eigenvalue weighted by atomic mass is 10.1. The average Bonchev–Trinajstić information content (AvgIpc) is 3.00. The van der Waals surface area contributed by atoms with Gasteiger partial charge in [-0.15, -0.1) is 5.10 Å². The van der Waals surface area contributed by atoms with Crippen LogP contribution in [0, 0.1) is 0 Å². The smallest absolute Gasteiger partial charge is 0.205 e. The Labute approximate surface area is 134 Å². The second kappa shape index (κ2) is 7.35. The van der Waals surface area contributed by atoms with E-state index in [-0.39, 0.29) is 0 Å². The normalized spacial score (nSPS) is 10.6. The summed E-state index contributed by atoms with van der Waals surface area (Å²) in [7, 11) is 4.71. The van der Waals surface area contributed by atoms with E-state index in [9.17, 15) is 0 Å². The van der Waals surface area contributed by atoms with Crippen LogP contribution < -0.4 is 14.2 Å². The Hall–Kier alpha value is -1.95. The Balaban J connectivity index is 2.28. The van der Waals surface area contributed by atoms with Gasteiger partial charge >= 0.3 is 0 Å². The van der Waals surface area contributed by atoms with Crippen molar-refractivity contribution in [3.05, 3.63) is 28.5 Å². The first-order chi connectivity index (χ1) is 10.6. The first-order valence-electron chi connectivity index (χ1n) is 7.00. The molecule has 0 aliphatic heterocycles. The van der Waals surface area contributed by atoms with E-state index >= 15 is 0 Å². The summed E-state index contributed by atoms with van der Waals surface area (Å²) in [5.74, 6) is 1.61. The minimum atomic E-state index is 0.474. The highest BCUT2D eigenvalue weighted by Crippen LogP contribution is 2.45. The average molecular weight is 326 g/mol. The van der Waals surface area contributed by atoms with Crippen molar-refractivity contribution in [1.29, 1.82) is 0 Å². The summed E-state index contributed by atoms with van der Waals surface area (Å²) in [6.07, 6.45) is 3.39. The third-order valence-corrected chi connectivity index (χ3v) is 3.68. The number of hydrogen-bond acceptors (Lipinski definition) is 5. The van der Waals surface area contributed by atoms with E-state index in [1.807, 2.05) is 19.2 Å². The SMILES string of the molecule is CCn1cc(CCc2cc(Cl)c(OC)c(OC)c2OC)nn1. The van der Waals surface area contributed by atoms with E-state index in [4.69, 9.17) is 25.8 Å². The van der Waals surface area contributed by atoms with Crippen molar-refractivity contribution in [1.82, 2.24) is 15.0 Å². The van der Waals surface area contributed by atoms with E-state index in [0.29, 0.717) is 28.7 Å². The zero-order valence-corrected chi connectivity index (χ0v) is 14.0. The first kappa shape index (κ1) is 16.4. The number of halogens is 1. The van der Waals surface area contributed by atoms with Gasteiger partial charge in [0.1, 0.15) is 0 Å². The maximum Gasteiger partial charge on any atom is 0.205 e. The van der Waals surface area contributed by atoms with Gasteiger partial charge in [-0.05, 0) is 25.8 Å². The highest BCUT2D eigenvalue weighted by Gasteiger charge is 2.20. The summed E-state index contributed by atoms with van der Waals surface area (Å²) < 4.78 is 17.9. The number of methoxy groups -OCH3 is 3. The lowest BCUT2D eigenvalue weighted by Crippen LogP contribution is -2.01. The minimum absolute atomic E-state index is 0.474. The molecule has 1 aromatic carbocycles. The third kappa shape index (κ3) is 3.27. The minimum Gasteiger partial charge on any atom is -0.492 e. The molecule has 0 unspecified atom stereocenters. The van der Waals surface area contributed by atoms with Crippen LogP contribution in [-0.4, -0.2) is 36.3 Å². The first-order valence-corrected chi connectivity index (χ1v) is 7.38. The van der Waals surface area contributed by atoms with Gasteiger partial charge in [-0.2, -0.15) is 0 Å². The molecule has 120 valence electrons. The zero-order chi connectivity index (χ0) is 16.1. The van der Waals surface area contributed by atoms with Crippen LogP contribution in [0.5, 0.6) is 17.2 Å². The predicted molar refractivity (Wildman–Crippen MR) is 84.2 cm³/mol. The van der Waals surface area contributed by atoms with Crippen molar-refractivity contribution >= 4 is 11.6 Å². The summed E-state index contributed by atoms with van der Waals surface area (Å²) in [5.41, 5.74) is 1.87. The summed E-state index contributed by atoms with van der Waals surface area (Å²) in [6, 6.07) is 1.84. The number of aromatic nitrogens is 3. The molecule has 0 aliphatic carbocycles. The number of hydrogen-bond donors (Lipinski definition) is 0. The van der Waals surface area contributed by atoms with Crippen LogP contribution in [0.3, 0.4) is 0 Å². The lowest BCUT2D eigenvalue weighted by molar-refractivity contribution is 0.322. The molecule has 0 atom stereocenters. The molecule has 1 aromatic heterocycles. The Bertz CT molecular complexity index is 643. The molecule has 0 bridgehead atoms. The van der Waals surface area contributed by atoms with Crippen molar-refractivity contribution in [2.45, 2.75) is 26.3 Å². The van der Waals surface area contributed by atoms with Crippen molar-refractivity contribution < 1.29 is 14.2 Å². The van der Waals surface area contributed by atoms with E-state index in [1.54, 1.807) is 26.0 Å². The van der Waals surface area contributed by atoms with Crippen molar-refractivity contribution in [3.63, 3.8) is 0 Å². The molecule has 2 aromatic rings. The van der Waals surface area contributed by atoms with Gasteiger partial charge in [0.05, 0.1) is 32.0 Å². The molecular weight excluding hydrogens is 306 g/mol. The van der Waals surface area contributed by atoms with E-state index in [2.05, 4.69) is 10.3 Å². The summed E-state index contributed by atoms with van der Waals surface area (Å²) in [5, 5.41) is 8.67. The molecule has 2 rings (SSSR count).